The molecule has 2 saturated carbocycles. The minimum atomic E-state index is -0.360. The van der Waals surface area contributed by atoms with Gasteiger partial charge in [-0.05, 0) is 61.5 Å². The molecule has 0 bridgehead atoms. The summed E-state index contributed by atoms with van der Waals surface area (Å²) in [6, 6.07) is 3.63. The summed E-state index contributed by atoms with van der Waals surface area (Å²) in [6.45, 7) is 18.3. The molecule has 5 heteroatoms. The molecule has 3 aliphatic rings. The second-order valence-corrected chi connectivity index (χ2v) is 11.8. The molecule has 0 saturated heterocycles. The first-order chi connectivity index (χ1) is 16.4. The van der Waals surface area contributed by atoms with E-state index in [0.29, 0.717) is 11.7 Å². The molecule has 4 rings (SSSR count). The van der Waals surface area contributed by atoms with Crippen molar-refractivity contribution in [2.24, 2.45) is 35.0 Å². The Balaban J connectivity index is 0.00000167. The van der Waals surface area contributed by atoms with Gasteiger partial charge in [0.05, 0.1) is 11.8 Å². The zero-order chi connectivity index (χ0) is 26.1. The smallest absolute Gasteiger partial charge is 0.313 e. The van der Waals surface area contributed by atoms with E-state index >= 15 is 0 Å². The van der Waals surface area contributed by atoms with E-state index in [1.165, 1.54) is 25.7 Å². The van der Waals surface area contributed by atoms with Crippen LogP contribution >= 0.6 is 0 Å². The van der Waals surface area contributed by atoms with E-state index in [1.807, 2.05) is 19.9 Å². The Labute approximate surface area is 212 Å². The molecule has 2 fully saturated rings. The Hall–Kier alpha value is -2.04. The number of esters is 2. The minimum Gasteiger partial charge on any atom is -0.487 e. The summed E-state index contributed by atoms with van der Waals surface area (Å²) >= 11 is 0. The molecule has 196 valence electrons. The summed E-state index contributed by atoms with van der Waals surface area (Å²) in [5, 5.41) is 0. The van der Waals surface area contributed by atoms with Crippen molar-refractivity contribution in [2.75, 3.05) is 0 Å². The summed E-state index contributed by atoms with van der Waals surface area (Å²) in [5.74, 6) is 1.90. The Morgan fingerprint density at radius 3 is 2.09 bits per heavy atom. The lowest BCUT2D eigenvalue weighted by atomic mass is 9.48. The van der Waals surface area contributed by atoms with Gasteiger partial charge in [-0.2, -0.15) is 0 Å². The van der Waals surface area contributed by atoms with Crippen LogP contribution in [-0.2, 0) is 16.0 Å². The molecular formula is C30H46O5. The van der Waals surface area contributed by atoms with E-state index in [9.17, 15) is 9.59 Å². The van der Waals surface area contributed by atoms with Crippen LogP contribution in [0.5, 0.6) is 17.2 Å². The Morgan fingerprint density at radius 1 is 0.943 bits per heavy atom. The van der Waals surface area contributed by atoms with Crippen molar-refractivity contribution in [3.8, 4) is 17.2 Å². The Bertz CT molecular complexity index is 935. The molecule has 1 aromatic rings. The molecule has 2 aliphatic carbocycles. The second-order valence-electron chi connectivity index (χ2n) is 11.8. The number of carbonyl (C=O) groups excluding carboxylic acids is 2. The third-order valence-electron chi connectivity index (χ3n) is 8.65. The molecule has 5 atom stereocenters. The summed E-state index contributed by atoms with van der Waals surface area (Å²) in [6.07, 6.45) is 6.94. The van der Waals surface area contributed by atoms with Gasteiger partial charge in [0.1, 0.15) is 11.4 Å². The fourth-order valence-electron chi connectivity index (χ4n) is 6.69. The van der Waals surface area contributed by atoms with E-state index in [2.05, 4.69) is 20.8 Å². The van der Waals surface area contributed by atoms with Crippen LogP contribution in [0.15, 0.2) is 12.1 Å². The first-order valence-electron chi connectivity index (χ1n) is 13.7. The average Bonchev–Trinajstić information content (AvgIpc) is 2.79. The lowest BCUT2D eigenvalue weighted by Gasteiger charge is -2.60. The predicted molar refractivity (Wildman–Crippen MR) is 139 cm³/mol. The average molecular weight is 487 g/mol. The molecule has 35 heavy (non-hydrogen) atoms. The maximum atomic E-state index is 12.4. The predicted octanol–water partition coefficient (Wildman–Crippen LogP) is 7.38. The van der Waals surface area contributed by atoms with Crippen LogP contribution in [0.25, 0.3) is 0 Å². The maximum absolute atomic E-state index is 12.4. The van der Waals surface area contributed by atoms with E-state index in [-0.39, 0.29) is 40.5 Å². The number of hydrogen-bond acceptors (Lipinski definition) is 5. The number of ether oxygens (including phenoxy) is 3. The standard InChI is InChI=1S/C28H40O5.C2H6/c1-16(2)25(29)31-22-13-19-14-24-27(6)11-8-9-18(5)20(27)10-12-28(24,7)33-21(19)15-23(22)32-26(30)17(3)4;1-2/h13,15-18,20,24H,8-12,14H2,1-7H3;1-2H3/t18?,20?,24?,27?,28-;/m0./s1. The van der Waals surface area contributed by atoms with Crippen molar-refractivity contribution < 1.29 is 23.8 Å². The van der Waals surface area contributed by atoms with E-state index in [0.717, 1.165) is 36.0 Å². The SMILES string of the molecule is CC.CC(C)C(=O)Oc1cc2c(cc1OC(=O)C(C)C)O[C@@]1(C)CCC3C(C)CCCC3(C)C1C2. The zero-order valence-electron chi connectivity index (χ0n) is 23.3. The number of carbonyl (C=O) groups is 2. The highest BCUT2D eigenvalue weighted by molar-refractivity contribution is 5.78. The van der Waals surface area contributed by atoms with Gasteiger partial charge in [-0.1, -0.05) is 68.2 Å². The first kappa shape index (κ1) is 27.5. The monoisotopic (exact) mass is 486 g/mol. The first-order valence-corrected chi connectivity index (χ1v) is 13.7. The molecule has 1 heterocycles. The van der Waals surface area contributed by atoms with Crippen molar-refractivity contribution in [3.63, 3.8) is 0 Å². The fourth-order valence-corrected chi connectivity index (χ4v) is 6.69. The normalized spacial score (nSPS) is 31.2. The van der Waals surface area contributed by atoms with Crippen molar-refractivity contribution in [1.82, 2.24) is 0 Å². The van der Waals surface area contributed by atoms with Crippen molar-refractivity contribution in [3.05, 3.63) is 17.7 Å². The van der Waals surface area contributed by atoms with Crippen LogP contribution < -0.4 is 14.2 Å². The highest BCUT2D eigenvalue weighted by Crippen LogP contribution is 2.62. The van der Waals surface area contributed by atoms with Crippen LogP contribution in [-0.4, -0.2) is 17.5 Å². The number of fused-ring (bicyclic) bond motifs is 4. The summed E-state index contributed by atoms with van der Waals surface area (Å²) in [7, 11) is 0. The molecule has 0 aromatic heterocycles. The zero-order valence-corrected chi connectivity index (χ0v) is 23.3. The molecule has 0 radical (unpaired) electrons. The van der Waals surface area contributed by atoms with Crippen molar-refractivity contribution in [2.45, 2.75) is 106 Å². The van der Waals surface area contributed by atoms with Crippen LogP contribution in [0.2, 0.25) is 0 Å². The molecule has 5 nitrogen and oxygen atoms in total. The van der Waals surface area contributed by atoms with Gasteiger partial charge in [-0.3, -0.25) is 9.59 Å². The topological polar surface area (TPSA) is 61.8 Å². The van der Waals surface area contributed by atoms with Crippen molar-refractivity contribution in [1.29, 1.82) is 0 Å². The molecule has 1 aliphatic heterocycles. The van der Waals surface area contributed by atoms with Gasteiger partial charge in [0.15, 0.2) is 11.5 Å². The van der Waals surface area contributed by atoms with Crippen molar-refractivity contribution >= 4 is 11.9 Å². The van der Waals surface area contributed by atoms with Gasteiger partial charge in [-0.25, -0.2) is 0 Å². The molecule has 0 amide bonds. The lowest BCUT2D eigenvalue weighted by molar-refractivity contribution is -0.144. The van der Waals surface area contributed by atoms with Gasteiger partial charge in [0, 0.05) is 12.0 Å². The second kappa shape index (κ2) is 10.5. The van der Waals surface area contributed by atoms with Crippen LogP contribution in [0, 0.1) is 35.0 Å². The van der Waals surface area contributed by atoms with E-state index in [1.54, 1.807) is 33.8 Å². The van der Waals surface area contributed by atoms with Gasteiger partial charge in [0.25, 0.3) is 0 Å². The maximum Gasteiger partial charge on any atom is 0.313 e. The number of benzene rings is 1. The lowest BCUT2D eigenvalue weighted by Crippen LogP contribution is -2.59. The third-order valence-corrected chi connectivity index (χ3v) is 8.65. The summed E-state index contributed by atoms with van der Waals surface area (Å²) < 4.78 is 18.1. The molecule has 0 spiro atoms. The number of rotatable bonds is 4. The van der Waals surface area contributed by atoms with Gasteiger partial charge >= 0.3 is 11.9 Å². The van der Waals surface area contributed by atoms with Crippen LogP contribution in [0.3, 0.4) is 0 Å². The van der Waals surface area contributed by atoms with Gasteiger partial charge in [-0.15, -0.1) is 0 Å². The quantitative estimate of drug-likeness (QED) is 0.328. The number of hydrogen-bond donors (Lipinski definition) is 0. The molecule has 1 aromatic carbocycles. The minimum absolute atomic E-state index is 0.236. The third kappa shape index (κ3) is 5.24. The highest BCUT2D eigenvalue weighted by atomic mass is 16.6. The Morgan fingerprint density at radius 2 is 1.51 bits per heavy atom. The van der Waals surface area contributed by atoms with Crippen LogP contribution in [0.1, 0.15) is 100.0 Å². The van der Waals surface area contributed by atoms with E-state index in [4.69, 9.17) is 14.2 Å². The molecular weight excluding hydrogens is 440 g/mol. The largest absolute Gasteiger partial charge is 0.487 e. The van der Waals surface area contributed by atoms with Crippen LogP contribution in [0.4, 0.5) is 0 Å². The van der Waals surface area contributed by atoms with E-state index < -0.39 is 0 Å². The van der Waals surface area contributed by atoms with Gasteiger partial charge < -0.3 is 14.2 Å². The summed E-state index contributed by atoms with van der Waals surface area (Å²) in [4.78, 5) is 24.8. The fraction of sp³-hybridized carbons (Fsp3) is 0.733. The molecule has 0 N–H and O–H groups in total. The summed E-state index contributed by atoms with van der Waals surface area (Å²) in [5.41, 5.74) is 1.03. The van der Waals surface area contributed by atoms with Gasteiger partial charge in [0.2, 0.25) is 0 Å². The molecule has 4 unspecified atom stereocenters. The highest BCUT2D eigenvalue weighted by Gasteiger charge is 2.58. The Kier molecular flexibility index (Phi) is 8.28.